The van der Waals surface area contributed by atoms with Gasteiger partial charge in [-0.05, 0) is 31.0 Å². The van der Waals surface area contributed by atoms with Gasteiger partial charge in [-0.2, -0.15) is 13.2 Å². The molecule has 176 valence electrons. The molecule has 2 aliphatic heterocycles. The minimum Gasteiger partial charge on any atom is -0.434 e. The Kier molecular flexibility index (Phi) is 5.15. The van der Waals surface area contributed by atoms with Crippen LogP contribution in [0, 0.1) is 5.92 Å². The molecule has 2 N–H and O–H groups in total. The second-order valence-electron chi connectivity index (χ2n) is 8.31. The number of hydrogen-bond acceptors (Lipinski definition) is 6. The number of halogens is 5. The zero-order chi connectivity index (χ0) is 23.4. The van der Waals surface area contributed by atoms with E-state index in [4.69, 9.17) is 4.74 Å². The summed E-state index contributed by atoms with van der Waals surface area (Å²) < 4.78 is 76.4. The molecule has 1 unspecified atom stereocenters. The Morgan fingerprint density at radius 2 is 1.82 bits per heavy atom. The molecule has 33 heavy (non-hydrogen) atoms. The van der Waals surface area contributed by atoms with E-state index < -0.39 is 35.8 Å². The summed E-state index contributed by atoms with van der Waals surface area (Å²) in [5, 5.41) is 5.40. The first-order chi connectivity index (χ1) is 15.6. The quantitative estimate of drug-likeness (QED) is 0.653. The van der Waals surface area contributed by atoms with Crippen molar-refractivity contribution in [3.05, 3.63) is 35.5 Å². The zero-order valence-corrected chi connectivity index (χ0v) is 17.3. The number of cyclic esters (lactones) is 1. The van der Waals surface area contributed by atoms with Gasteiger partial charge in [0.15, 0.2) is 6.10 Å². The molecule has 2 aromatic heterocycles. The predicted octanol–water partition coefficient (Wildman–Crippen LogP) is 4.22. The number of aromatic nitrogens is 2. The van der Waals surface area contributed by atoms with Gasteiger partial charge in [0.1, 0.15) is 11.6 Å². The van der Waals surface area contributed by atoms with Crippen LogP contribution in [0.15, 0.2) is 24.4 Å². The van der Waals surface area contributed by atoms with E-state index in [1.807, 2.05) is 0 Å². The number of carbonyl (C=O) groups is 1. The fraction of sp³-hybridized carbons (Fsp3) is 0.476. The Morgan fingerprint density at radius 3 is 2.48 bits per heavy atom. The Labute approximate surface area is 185 Å². The van der Waals surface area contributed by atoms with Gasteiger partial charge in [-0.15, -0.1) is 0 Å². The van der Waals surface area contributed by atoms with Crippen LogP contribution in [0.25, 0.3) is 11.3 Å². The van der Waals surface area contributed by atoms with Crippen LogP contribution in [0.4, 0.5) is 38.4 Å². The summed E-state index contributed by atoms with van der Waals surface area (Å²) in [4.78, 5) is 22.0. The number of fused-ring (bicyclic) bond motifs is 1. The van der Waals surface area contributed by atoms with Crippen LogP contribution in [0.5, 0.6) is 0 Å². The largest absolute Gasteiger partial charge is 0.434 e. The second kappa shape index (κ2) is 7.79. The monoisotopic (exact) mass is 469 g/mol. The molecule has 12 heteroatoms. The van der Waals surface area contributed by atoms with Crippen molar-refractivity contribution in [2.75, 3.05) is 36.4 Å². The van der Waals surface area contributed by atoms with E-state index in [1.165, 1.54) is 12.3 Å². The number of ether oxygens (including phenoxy) is 1. The smallest absolute Gasteiger partial charge is 0.416 e. The topological polar surface area (TPSA) is 79.4 Å². The molecule has 0 spiro atoms. The molecule has 1 amide bonds. The SMILES string of the molecule is O=C1Nc2nccc(-c3cc(C(F)(F)F)cc(N4CCNCC4)n3)c2C(C(F)(F)C2CC2)O1. The van der Waals surface area contributed by atoms with E-state index in [2.05, 4.69) is 20.6 Å². The third-order valence-corrected chi connectivity index (χ3v) is 6.02. The molecule has 2 fully saturated rings. The van der Waals surface area contributed by atoms with Crippen LogP contribution < -0.4 is 15.5 Å². The molecule has 3 aliphatic rings. The van der Waals surface area contributed by atoms with E-state index >= 15 is 8.78 Å². The first kappa shape index (κ1) is 21.8. The number of alkyl halides is 5. The summed E-state index contributed by atoms with van der Waals surface area (Å²) in [6, 6.07) is 3.10. The van der Waals surface area contributed by atoms with Crippen LogP contribution in [0.2, 0.25) is 0 Å². The fourth-order valence-corrected chi connectivity index (χ4v) is 4.18. The van der Waals surface area contributed by atoms with Gasteiger partial charge < -0.3 is 15.0 Å². The third kappa shape index (κ3) is 4.07. The average Bonchev–Trinajstić information content (AvgIpc) is 3.64. The molecule has 4 heterocycles. The van der Waals surface area contributed by atoms with E-state index in [-0.39, 0.29) is 41.3 Å². The minimum absolute atomic E-state index is 0.00723. The molecule has 0 radical (unpaired) electrons. The Balaban J connectivity index is 1.67. The molecule has 0 bridgehead atoms. The average molecular weight is 469 g/mol. The summed E-state index contributed by atoms with van der Waals surface area (Å²) in [5.74, 6) is -4.44. The normalized spacial score (nSPS) is 21.3. The van der Waals surface area contributed by atoms with Crippen molar-refractivity contribution in [2.24, 2.45) is 5.92 Å². The Hall–Kier alpha value is -3.02. The lowest BCUT2D eigenvalue weighted by molar-refractivity contribution is -0.137. The van der Waals surface area contributed by atoms with Crippen LogP contribution >= 0.6 is 0 Å². The van der Waals surface area contributed by atoms with Crippen molar-refractivity contribution in [1.29, 1.82) is 0 Å². The van der Waals surface area contributed by atoms with Crippen molar-refractivity contribution in [3.8, 4) is 11.3 Å². The minimum atomic E-state index is -4.67. The van der Waals surface area contributed by atoms with Crippen molar-refractivity contribution in [3.63, 3.8) is 0 Å². The highest BCUT2D eigenvalue weighted by molar-refractivity contribution is 5.89. The fourth-order valence-electron chi connectivity index (χ4n) is 4.18. The van der Waals surface area contributed by atoms with Gasteiger partial charge in [0.05, 0.1) is 16.8 Å². The third-order valence-electron chi connectivity index (χ3n) is 6.02. The predicted molar refractivity (Wildman–Crippen MR) is 108 cm³/mol. The molecule has 5 rings (SSSR count). The van der Waals surface area contributed by atoms with Crippen LogP contribution in [0.3, 0.4) is 0 Å². The number of piperazine rings is 1. The first-order valence-electron chi connectivity index (χ1n) is 10.5. The highest BCUT2D eigenvalue weighted by Gasteiger charge is 2.57. The molecular formula is C21H20F5N5O2. The van der Waals surface area contributed by atoms with E-state index in [1.54, 1.807) is 4.90 Å². The summed E-state index contributed by atoms with van der Waals surface area (Å²) in [7, 11) is 0. The van der Waals surface area contributed by atoms with Gasteiger partial charge in [0.25, 0.3) is 5.92 Å². The number of rotatable bonds is 4. The molecule has 1 saturated carbocycles. The lowest BCUT2D eigenvalue weighted by Gasteiger charge is -2.33. The van der Waals surface area contributed by atoms with Crippen molar-refractivity contribution in [2.45, 2.75) is 31.0 Å². The van der Waals surface area contributed by atoms with Crippen LogP contribution in [0.1, 0.15) is 30.1 Å². The van der Waals surface area contributed by atoms with E-state index in [0.29, 0.717) is 26.2 Å². The maximum atomic E-state index is 15.1. The van der Waals surface area contributed by atoms with E-state index in [9.17, 15) is 18.0 Å². The molecule has 1 saturated heterocycles. The molecule has 1 atom stereocenters. The van der Waals surface area contributed by atoms with Gasteiger partial charge in [-0.3, -0.25) is 5.32 Å². The molecular weight excluding hydrogens is 449 g/mol. The maximum absolute atomic E-state index is 15.1. The standard InChI is InChI=1S/C21H20F5N5O2/c22-20(23,11-1-2-11)17-16-13(3-4-28-18(16)30-19(32)33-17)14-9-12(21(24,25)26)10-15(29-14)31-7-5-27-6-8-31/h3-4,9-11,17,27H,1-2,5-8H2,(H,28,30,32). The van der Waals surface area contributed by atoms with Crippen molar-refractivity contribution < 1.29 is 31.5 Å². The number of pyridine rings is 2. The second-order valence-corrected chi connectivity index (χ2v) is 8.31. The molecule has 7 nitrogen and oxygen atoms in total. The number of hydrogen-bond donors (Lipinski definition) is 2. The molecule has 0 aromatic carbocycles. The number of nitrogens with zero attached hydrogens (tertiary/aromatic N) is 3. The van der Waals surface area contributed by atoms with E-state index in [0.717, 1.165) is 12.1 Å². The lowest BCUT2D eigenvalue weighted by Crippen LogP contribution is -2.44. The zero-order valence-electron chi connectivity index (χ0n) is 17.3. The maximum Gasteiger partial charge on any atom is 0.416 e. The summed E-state index contributed by atoms with van der Waals surface area (Å²) in [5.41, 5.74) is -1.26. The Morgan fingerprint density at radius 1 is 1.09 bits per heavy atom. The molecule has 2 aromatic rings. The van der Waals surface area contributed by atoms with Crippen molar-refractivity contribution >= 4 is 17.7 Å². The van der Waals surface area contributed by atoms with Crippen LogP contribution in [-0.4, -0.2) is 48.2 Å². The lowest BCUT2D eigenvalue weighted by atomic mass is 9.93. The molecule has 1 aliphatic carbocycles. The highest BCUT2D eigenvalue weighted by atomic mass is 19.4. The number of anilines is 2. The number of amides is 1. The first-order valence-corrected chi connectivity index (χ1v) is 10.5. The summed E-state index contributed by atoms with van der Waals surface area (Å²) in [6.07, 6.45) is -5.95. The highest BCUT2D eigenvalue weighted by Crippen LogP contribution is 2.54. The number of nitrogens with one attached hydrogen (secondary N) is 2. The van der Waals surface area contributed by atoms with Gasteiger partial charge in [-0.1, -0.05) is 0 Å². The van der Waals surface area contributed by atoms with Gasteiger partial charge in [0, 0.05) is 43.9 Å². The van der Waals surface area contributed by atoms with Crippen LogP contribution in [-0.2, 0) is 10.9 Å². The van der Waals surface area contributed by atoms with Gasteiger partial charge >= 0.3 is 12.3 Å². The Bertz CT molecular complexity index is 1080. The van der Waals surface area contributed by atoms with Gasteiger partial charge in [-0.25, -0.2) is 23.5 Å². The van der Waals surface area contributed by atoms with Crippen molar-refractivity contribution in [1.82, 2.24) is 15.3 Å². The summed E-state index contributed by atoms with van der Waals surface area (Å²) >= 11 is 0. The summed E-state index contributed by atoms with van der Waals surface area (Å²) in [6.45, 7) is 2.05. The van der Waals surface area contributed by atoms with Gasteiger partial charge in [0.2, 0.25) is 0 Å². The number of carbonyl (C=O) groups excluding carboxylic acids is 1.